The van der Waals surface area contributed by atoms with Gasteiger partial charge >= 0.3 is 0 Å². The Hall–Kier alpha value is -2.08. The van der Waals surface area contributed by atoms with E-state index in [-0.39, 0.29) is 11.6 Å². The first-order chi connectivity index (χ1) is 15.6. The van der Waals surface area contributed by atoms with E-state index in [0.717, 1.165) is 76.1 Å². The van der Waals surface area contributed by atoms with E-state index in [0.29, 0.717) is 18.6 Å². The number of ketones is 1. The van der Waals surface area contributed by atoms with Gasteiger partial charge in [-0.3, -0.25) is 14.6 Å². The summed E-state index contributed by atoms with van der Waals surface area (Å²) in [6.07, 6.45) is 4.85. The lowest BCUT2D eigenvalue weighted by Gasteiger charge is -2.35. The lowest BCUT2D eigenvalue weighted by Crippen LogP contribution is -2.40. The summed E-state index contributed by atoms with van der Waals surface area (Å²) in [6, 6.07) is 15.1. The van der Waals surface area contributed by atoms with E-state index in [1.54, 1.807) is 19.1 Å². The molecule has 0 bridgehead atoms. The first kappa shape index (κ1) is 23.1. The third kappa shape index (κ3) is 6.47. The van der Waals surface area contributed by atoms with E-state index in [9.17, 15) is 9.18 Å². The quantitative estimate of drug-likeness (QED) is 0.520. The minimum atomic E-state index is -0.106. The van der Waals surface area contributed by atoms with E-state index in [1.807, 2.05) is 30.3 Å². The highest BCUT2D eigenvalue weighted by Crippen LogP contribution is 2.23. The molecule has 0 spiro atoms. The fourth-order valence-electron chi connectivity index (χ4n) is 4.99. The zero-order valence-corrected chi connectivity index (χ0v) is 19.1. The third-order valence-electron chi connectivity index (χ3n) is 6.80. The lowest BCUT2D eigenvalue weighted by molar-refractivity contribution is 0.0569. The zero-order chi connectivity index (χ0) is 22.3. The number of hydrogen-bond acceptors (Lipinski definition) is 4. The van der Waals surface area contributed by atoms with Gasteiger partial charge < -0.3 is 4.74 Å². The monoisotopic (exact) mass is 438 g/mol. The van der Waals surface area contributed by atoms with Gasteiger partial charge in [-0.05, 0) is 69.3 Å². The number of hydrogen-bond donors (Lipinski definition) is 0. The van der Waals surface area contributed by atoms with E-state index in [4.69, 9.17) is 4.74 Å². The summed E-state index contributed by atoms with van der Waals surface area (Å²) in [6.45, 7) is 8.02. The average Bonchev–Trinajstić information content (AvgIpc) is 3.30. The molecule has 1 unspecified atom stereocenters. The molecule has 2 saturated heterocycles. The van der Waals surface area contributed by atoms with Crippen molar-refractivity contribution in [3.8, 4) is 0 Å². The number of Topliss-reactive ketones (excluding diaryl/α,β-unsaturated/α-hetero) is 1. The molecule has 0 aromatic heterocycles. The van der Waals surface area contributed by atoms with Crippen LogP contribution in [0.5, 0.6) is 0 Å². The van der Waals surface area contributed by atoms with Gasteiger partial charge in [0.1, 0.15) is 5.82 Å². The second-order valence-corrected chi connectivity index (χ2v) is 9.40. The molecule has 2 aliphatic heterocycles. The summed E-state index contributed by atoms with van der Waals surface area (Å²) < 4.78 is 19.9. The molecule has 4 nitrogen and oxygen atoms in total. The van der Waals surface area contributed by atoms with Crippen LogP contribution in [-0.4, -0.2) is 54.5 Å². The fourth-order valence-corrected chi connectivity index (χ4v) is 4.99. The summed E-state index contributed by atoms with van der Waals surface area (Å²) in [5, 5.41) is 0. The normalized spacial score (nSPS) is 20.2. The van der Waals surface area contributed by atoms with Crippen molar-refractivity contribution in [2.24, 2.45) is 5.92 Å². The number of likely N-dealkylation sites (tertiary alicyclic amines) is 1. The molecule has 2 aromatic carbocycles. The van der Waals surface area contributed by atoms with Crippen LogP contribution in [0.4, 0.5) is 4.39 Å². The molecule has 0 radical (unpaired) electrons. The maximum absolute atomic E-state index is 14.0. The van der Waals surface area contributed by atoms with Crippen LogP contribution in [0.25, 0.3) is 0 Å². The van der Waals surface area contributed by atoms with Crippen LogP contribution < -0.4 is 0 Å². The van der Waals surface area contributed by atoms with Crippen molar-refractivity contribution < 1.29 is 13.9 Å². The average molecular weight is 439 g/mol. The van der Waals surface area contributed by atoms with Gasteiger partial charge in [0.25, 0.3) is 0 Å². The lowest BCUT2D eigenvalue weighted by atomic mass is 9.95. The van der Waals surface area contributed by atoms with Crippen LogP contribution in [0.15, 0.2) is 48.5 Å². The molecule has 2 aromatic rings. The number of benzene rings is 2. The van der Waals surface area contributed by atoms with Crippen molar-refractivity contribution in [3.63, 3.8) is 0 Å². The summed E-state index contributed by atoms with van der Waals surface area (Å²) in [4.78, 5) is 16.7. The maximum atomic E-state index is 14.0. The molecule has 0 aliphatic carbocycles. The summed E-state index contributed by atoms with van der Waals surface area (Å²) in [7, 11) is 0. The Bertz CT molecular complexity index is 889. The van der Waals surface area contributed by atoms with Gasteiger partial charge in [0.2, 0.25) is 0 Å². The number of rotatable bonds is 9. The number of ether oxygens (including phenoxy) is 1. The highest BCUT2D eigenvalue weighted by molar-refractivity contribution is 5.94. The third-order valence-corrected chi connectivity index (χ3v) is 6.80. The molecular formula is C27H35FN2O2. The number of nitrogens with zero attached hydrogens (tertiary/aromatic N) is 2. The molecular weight excluding hydrogens is 403 g/mol. The molecule has 2 aliphatic rings. The number of carbonyl (C=O) groups is 1. The van der Waals surface area contributed by atoms with E-state index < -0.39 is 0 Å². The molecule has 32 heavy (non-hydrogen) atoms. The van der Waals surface area contributed by atoms with E-state index >= 15 is 0 Å². The largest absolute Gasteiger partial charge is 0.377 e. The van der Waals surface area contributed by atoms with Crippen LogP contribution in [0.2, 0.25) is 0 Å². The van der Waals surface area contributed by atoms with Crippen LogP contribution >= 0.6 is 0 Å². The highest BCUT2D eigenvalue weighted by Gasteiger charge is 2.25. The molecule has 2 heterocycles. The second-order valence-electron chi connectivity index (χ2n) is 9.40. The van der Waals surface area contributed by atoms with Crippen molar-refractivity contribution in [1.82, 2.24) is 9.80 Å². The molecule has 0 N–H and O–H groups in total. The maximum Gasteiger partial charge on any atom is 0.159 e. The smallest absolute Gasteiger partial charge is 0.159 e. The highest BCUT2D eigenvalue weighted by atomic mass is 19.1. The molecule has 0 saturated carbocycles. The molecule has 5 heteroatoms. The van der Waals surface area contributed by atoms with Crippen LogP contribution in [0.1, 0.15) is 54.1 Å². The summed E-state index contributed by atoms with van der Waals surface area (Å²) in [5.74, 6) is 0.633. The van der Waals surface area contributed by atoms with Crippen molar-refractivity contribution >= 4 is 5.78 Å². The Morgan fingerprint density at radius 1 is 1.09 bits per heavy atom. The summed E-state index contributed by atoms with van der Waals surface area (Å²) in [5.41, 5.74) is 2.75. The van der Waals surface area contributed by atoms with Crippen molar-refractivity contribution in [2.45, 2.75) is 51.8 Å². The van der Waals surface area contributed by atoms with Crippen molar-refractivity contribution in [1.29, 1.82) is 0 Å². The molecule has 4 rings (SSSR count). The SMILES string of the molecule is CC(=O)c1cccc(CN(CC2CCN(Cc3ccccc3F)CC2)CC2CCCO2)c1. The van der Waals surface area contributed by atoms with Crippen LogP contribution in [0.3, 0.4) is 0 Å². The van der Waals surface area contributed by atoms with Gasteiger partial charge in [0, 0.05) is 43.9 Å². The topological polar surface area (TPSA) is 32.8 Å². The predicted octanol–water partition coefficient (Wildman–Crippen LogP) is 4.92. The van der Waals surface area contributed by atoms with E-state index in [1.165, 1.54) is 5.56 Å². The molecule has 0 amide bonds. The van der Waals surface area contributed by atoms with Gasteiger partial charge in [-0.2, -0.15) is 0 Å². The fraction of sp³-hybridized carbons (Fsp3) is 0.519. The van der Waals surface area contributed by atoms with Crippen molar-refractivity contribution in [3.05, 3.63) is 71.0 Å². The zero-order valence-electron chi connectivity index (χ0n) is 19.1. The Morgan fingerprint density at radius 3 is 2.62 bits per heavy atom. The van der Waals surface area contributed by atoms with Gasteiger partial charge in [-0.25, -0.2) is 4.39 Å². The Labute approximate surface area is 191 Å². The minimum absolute atomic E-state index is 0.106. The van der Waals surface area contributed by atoms with Gasteiger partial charge in [0.15, 0.2) is 5.78 Å². The van der Waals surface area contributed by atoms with Gasteiger partial charge in [-0.1, -0.05) is 36.4 Å². The summed E-state index contributed by atoms with van der Waals surface area (Å²) >= 11 is 0. The number of piperidine rings is 1. The standard InChI is InChI=1S/C27H35FN2O2/c1-21(31)24-8-4-6-23(16-24)18-30(20-26-9-5-15-32-26)17-22-11-13-29(14-12-22)19-25-7-2-3-10-27(25)28/h2-4,6-8,10,16,22,26H,5,9,11-15,17-20H2,1H3. The van der Waals surface area contributed by atoms with Gasteiger partial charge in [-0.15, -0.1) is 0 Å². The number of carbonyl (C=O) groups excluding carboxylic acids is 1. The van der Waals surface area contributed by atoms with Crippen molar-refractivity contribution in [2.75, 3.05) is 32.8 Å². The first-order valence-corrected chi connectivity index (χ1v) is 12.0. The predicted molar refractivity (Wildman–Crippen MR) is 125 cm³/mol. The Balaban J connectivity index is 1.34. The van der Waals surface area contributed by atoms with Crippen LogP contribution in [-0.2, 0) is 17.8 Å². The molecule has 1 atom stereocenters. The molecule has 2 fully saturated rings. The Morgan fingerprint density at radius 2 is 1.91 bits per heavy atom. The first-order valence-electron chi connectivity index (χ1n) is 12.0. The number of halogens is 1. The second kappa shape index (κ2) is 11.2. The van der Waals surface area contributed by atoms with Crippen LogP contribution in [0, 0.1) is 11.7 Å². The molecule has 172 valence electrons. The van der Waals surface area contributed by atoms with E-state index in [2.05, 4.69) is 15.9 Å². The Kier molecular flexibility index (Phi) is 8.06. The van der Waals surface area contributed by atoms with Gasteiger partial charge in [0.05, 0.1) is 6.10 Å². The minimum Gasteiger partial charge on any atom is -0.377 e.